The molecule has 1 aliphatic heterocycles. The van der Waals surface area contributed by atoms with E-state index < -0.39 is 0 Å². The molecule has 0 aromatic rings. The van der Waals surface area contributed by atoms with Crippen LogP contribution in [0, 0.1) is 0 Å². The van der Waals surface area contributed by atoms with E-state index in [1.165, 1.54) is 5.71 Å². The van der Waals surface area contributed by atoms with Crippen LogP contribution in [0.15, 0.2) is 5.10 Å². The number of nitrogens with zero attached hydrogens (tertiary/aromatic N) is 2. The Morgan fingerprint density at radius 2 is 2.00 bits per heavy atom. The lowest BCUT2D eigenvalue weighted by Gasteiger charge is -2.33. The molecule has 0 unspecified atom stereocenters. The molecule has 0 fully saturated rings. The second-order valence-electron chi connectivity index (χ2n) is 4.26. The first-order valence-corrected chi connectivity index (χ1v) is 4.27. The van der Waals surface area contributed by atoms with Crippen molar-refractivity contribution in [1.82, 2.24) is 5.01 Å². The highest BCUT2D eigenvalue weighted by molar-refractivity contribution is 5.84. The summed E-state index contributed by atoms with van der Waals surface area (Å²) in [6.45, 7) is 11.0. The van der Waals surface area contributed by atoms with E-state index in [9.17, 15) is 0 Å². The fourth-order valence-electron chi connectivity index (χ4n) is 1.88. The SMILES string of the molecule is CC1=NN(C(C)C)C(C)(C)C1. The van der Waals surface area contributed by atoms with Crippen LogP contribution in [0.25, 0.3) is 0 Å². The normalized spacial score (nSPS) is 22.7. The smallest absolute Gasteiger partial charge is 0.0578 e. The first-order valence-electron chi connectivity index (χ1n) is 4.27. The Hall–Kier alpha value is -0.530. The van der Waals surface area contributed by atoms with Gasteiger partial charge in [-0.15, -0.1) is 0 Å². The molecule has 2 nitrogen and oxygen atoms in total. The van der Waals surface area contributed by atoms with Crippen molar-refractivity contribution in [2.45, 2.75) is 52.6 Å². The zero-order chi connectivity index (χ0) is 8.65. The van der Waals surface area contributed by atoms with E-state index in [-0.39, 0.29) is 5.54 Å². The van der Waals surface area contributed by atoms with Crippen LogP contribution in [0.2, 0.25) is 0 Å². The molecule has 0 bridgehead atoms. The molecule has 0 amide bonds. The van der Waals surface area contributed by atoms with E-state index in [0.29, 0.717) is 6.04 Å². The van der Waals surface area contributed by atoms with Crippen LogP contribution in [-0.2, 0) is 0 Å². The second-order valence-corrected chi connectivity index (χ2v) is 4.26. The van der Waals surface area contributed by atoms with Gasteiger partial charge in [-0.3, -0.25) is 5.01 Å². The standard InChI is InChI=1S/C9H18N2/c1-7(2)11-9(4,5)6-8(3)10-11/h7H,6H2,1-5H3. The van der Waals surface area contributed by atoms with Crippen LogP contribution in [0.3, 0.4) is 0 Å². The third-order valence-electron chi connectivity index (χ3n) is 2.08. The molecule has 1 aliphatic rings. The molecular formula is C9H18N2. The number of hydrogen-bond acceptors (Lipinski definition) is 2. The highest BCUT2D eigenvalue weighted by Crippen LogP contribution is 2.28. The van der Waals surface area contributed by atoms with Gasteiger partial charge in [-0.2, -0.15) is 5.10 Å². The lowest BCUT2D eigenvalue weighted by molar-refractivity contribution is 0.114. The van der Waals surface area contributed by atoms with Crippen molar-refractivity contribution >= 4 is 5.71 Å². The van der Waals surface area contributed by atoms with Gasteiger partial charge in [0, 0.05) is 18.2 Å². The Morgan fingerprint density at radius 3 is 2.18 bits per heavy atom. The Balaban J connectivity index is 2.78. The molecule has 0 saturated heterocycles. The minimum absolute atomic E-state index is 0.234. The Morgan fingerprint density at radius 1 is 1.45 bits per heavy atom. The fraction of sp³-hybridized carbons (Fsp3) is 0.889. The third-order valence-corrected chi connectivity index (χ3v) is 2.08. The molecule has 0 N–H and O–H groups in total. The molecular weight excluding hydrogens is 136 g/mol. The van der Waals surface area contributed by atoms with Crippen LogP contribution in [0.1, 0.15) is 41.0 Å². The molecule has 64 valence electrons. The van der Waals surface area contributed by atoms with Gasteiger partial charge in [0.15, 0.2) is 0 Å². The quantitative estimate of drug-likeness (QED) is 0.565. The molecule has 0 saturated carbocycles. The van der Waals surface area contributed by atoms with Gasteiger partial charge in [-0.05, 0) is 34.6 Å². The molecule has 0 aliphatic carbocycles. The largest absolute Gasteiger partial charge is 0.289 e. The number of rotatable bonds is 1. The topological polar surface area (TPSA) is 15.6 Å². The Bertz CT molecular complexity index is 180. The molecule has 0 aromatic heterocycles. The zero-order valence-corrected chi connectivity index (χ0v) is 8.18. The summed E-state index contributed by atoms with van der Waals surface area (Å²) in [6, 6.07) is 0.516. The average Bonchev–Trinajstić information content (AvgIpc) is 2.04. The van der Waals surface area contributed by atoms with E-state index in [1.807, 2.05) is 0 Å². The first kappa shape index (κ1) is 8.57. The lowest BCUT2D eigenvalue weighted by atomic mass is 9.98. The minimum Gasteiger partial charge on any atom is -0.289 e. The van der Waals surface area contributed by atoms with E-state index in [4.69, 9.17) is 0 Å². The first-order chi connectivity index (χ1) is 4.93. The molecule has 0 atom stereocenters. The van der Waals surface area contributed by atoms with Gasteiger partial charge in [0.25, 0.3) is 0 Å². The second kappa shape index (κ2) is 2.50. The Kier molecular flexibility index (Phi) is 1.95. The molecule has 0 radical (unpaired) electrons. The van der Waals surface area contributed by atoms with Crippen molar-refractivity contribution in [2.24, 2.45) is 5.10 Å². The molecule has 0 aromatic carbocycles. The van der Waals surface area contributed by atoms with Gasteiger partial charge in [0.2, 0.25) is 0 Å². The molecule has 0 spiro atoms. The maximum Gasteiger partial charge on any atom is 0.0578 e. The summed E-state index contributed by atoms with van der Waals surface area (Å²) in [6.07, 6.45) is 1.10. The van der Waals surface area contributed by atoms with Crippen LogP contribution < -0.4 is 0 Å². The summed E-state index contributed by atoms with van der Waals surface area (Å²) < 4.78 is 0. The van der Waals surface area contributed by atoms with Crippen LogP contribution in [0.5, 0.6) is 0 Å². The number of hydrogen-bond donors (Lipinski definition) is 0. The van der Waals surface area contributed by atoms with E-state index >= 15 is 0 Å². The van der Waals surface area contributed by atoms with E-state index in [2.05, 4.69) is 44.7 Å². The minimum atomic E-state index is 0.234. The maximum atomic E-state index is 4.49. The van der Waals surface area contributed by atoms with Crippen molar-refractivity contribution in [1.29, 1.82) is 0 Å². The number of hydrazone groups is 1. The zero-order valence-electron chi connectivity index (χ0n) is 8.18. The van der Waals surface area contributed by atoms with Gasteiger partial charge in [-0.1, -0.05) is 0 Å². The third kappa shape index (κ3) is 1.55. The maximum absolute atomic E-state index is 4.49. The van der Waals surface area contributed by atoms with Crippen molar-refractivity contribution in [3.63, 3.8) is 0 Å². The van der Waals surface area contributed by atoms with Crippen molar-refractivity contribution in [3.05, 3.63) is 0 Å². The predicted molar refractivity (Wildman–Crippen MR) is 48.8 cm³/mol. The van der Waals surface area contributed by atoms with Crippen molar-refractivity contribution < 1.29 is 0 Å². The monoisotopic (exact) mass is 154 g/mol. The fourth-order valence-corrected chi connectivity index (χ4v) is 1.88. The van der Waals surface area contributed by atoms with Gasteiger partial charge in [-0.25, -0.2) is 0 Å². The lowest BCUT2D eigenvalue weighted by Crippen LogP contribution is -2.40. The molecule has 11 heavy (non-hydrogen) atoms. The van der Waals surface area contributed by atoms with Crippen LogP contribution >= 0.6 is 0 Å². The summed E-state index contributed by atoms with van der Waals surface area (Å²) >= 11 is 0. The summed E-state index contributed by atoms with van der Waals surface area (Å²) in [4.78, 5) is 0. The summed E-state index contributed by atoms with van der Waals surface area (Å²) in [5.74, 6) is 0. The van der Waals surface area contributed by atoms with Gasteiger partial charge >= 0.3 is 0 Å². The summed E-state index contributed by atoms with van der Waals surface area (Å²) in [5, 5.41) is 6.69. The van der Waals surface area contributed by atoms with Gasteiger partial charge in [0.05, 0.1) is 5.54 Å². The van der Waals surface area contributed by atoms with Crippen molar-refractivity contribution in [2.75, 3.05) is 0 Å². The molecule has 2 heteroatoms. The highest BCUT2D eigenvalue weighted by atomic mass is 15.5. The summed E-state index contributed by atoms with van der Waals surface area (Å²) in [5.41, 5.74) is 1.49. The highest BCUT2D eigenvalue weighted by Gasteiger charge is 2.33. The summed E-state index contributed by atoms with van der Waals surface area (Å²) in [7, 11) is 0. The molecule has 1 rings (SSSR count). The average molecular weight is 154 g/mol. The van der Waals surface area contributed by atoms with Crippen molar-refractivity contribution in [3.8, 4) is 0 Å². The van der Waals surface area contributed by atoms with Gasteiger partial charge < -0.3 is 0 Å². The molecule has 1 heterocycles. The van der Waals surface area contributed by atoms with Crippen LogP contribution in [0.4, 0.5) is 0 Å². The predicted octanol–water partition coefficient (Wildman–Crippen LogP) is 2.25. The van der Waals surface area contributed by atoms with E-state index in [1.54, 1.807) is 0 Å². The van der Waals surface area contributed by atoms with Crippen LogP contribution in [-0.4, -0.2) is 22.3 Å². The van der Waals surface area contributed by atoms with Gasteiger partial charge in [0.1, 0.15) is 0 Å². The van der Waals surface area contributed by atoms with E-state index in [0.717, 1.165) is 6.42 Å². The Labute approximate surface area is 69.3 Å².